The third-order valence-electron chi connectivity index (χ3n) is 5.35. The van der Waals surface area contributed by atoms with Crippen molar-refractivity contribution in [3.63, 3.8) is 0 Å². The molecule has 5 nitrogen and oxygen atoms in total. The zero-order chi connectivity index (χ0) is 19.8. The highest BCUT2D eigenvalue weighted by molar-refractivity contribution is 5.96. The predicted octanol–water partition coefficient (Wildman–Crippen LogP) is 5.42. The highest BCUT2D eigenvalue weighted by Crippen LogP contribution is 2.39. The SMILES string of the molecule is Cc1cnc(CN2CCc3c(C)nc4ccc(Oc5ccccc5)cc4c32)cn1.Cl. The van der Waals surface area contributed by atoms with Crippen LogP contribution < -0.4 is 9.64 Å². The Balaban J connectivity index is 0.00000218. The maximum absolute atomic E-state index is 6.07. The van der Waals surface area contributed by atoms with E-state index in [1.54, 1.807) is 0 Å². The molecule has 0 atom stereocenters. The minimum atomic E-state index is 0. The molecule has 0 aliphatic carbocycles. The maximum Gasteiger partial charge on any atom is 0.128 e. The van der Waals surface area contributed by atoms with Crippen LogP contribution in [-0.4, -0.2) is 21.5 Å². The predicted molar refractivity (Wildman–Crippen MR) is 122 cm³/mol. The van der Waals surface area contributed by atoms with Gasteiger partial charge in [-0.25, -0.2) is 0 Å². The van der Waals surface area contributed by atoms with Crippen molar-refractivity contribution in [2.45, 2.75) is 26.8 Å². The number of benzene rings is 2. The summed E-state index contributed by atoms with van der Waals surface area (Å²) in [4.78, 5) is 16.2. The number of nitrogens with zero attached hydrogens (tertiary/aromatic N) is 4. The lowest BCUT2D eigenvalue weighted by molar-refractivity contribution is 0.483. The molecule has 3 heterocycles. The number of hydrogen-bond donors (Lipinski definition) is 0. The molecule has 0 spiro atoms. The van der Waals surface area contributed by atoms with Crippen LogP contribution >= 0.6 is 12.4 Å². The molecule has 2 aromatic carbocycles. The van der Waals surface area contributed by atoms with Crippen LogP contribution in [0, 0.1) is 13.8 Å². The molecule has 4 aromatic rings. The van der Waals surface area contributed by atoms with Crippen LogP contribution in [0.1, 0.15) is 22.6 Å². The van der Waals surface area contributed by atoms with Gasteiger partial charge in [-0.1, -0.05) is 18.2 Å². The number of aryl methyl sites for hydroxylation is 2. The molecule has 2 aromatic heterocycles. The lowest BCUT2D eigenvalue weighted by atomic mass is 10.1. The molecule has 0 saturated carbocycles. The number of aromatic nitrogens is 3. The molecular formula is C24H23ClN4O. The van der Waals surface area contributed by atoms with Crippen molar-refractivity contribution < 1.29 is 4.74 Å². The van der Waals surface area contributed by atoms with Gasteiger partial charge in [0.05, 0.1) is 35.3 Å². The molecule has 30 heavy (non-hydrogen) atoms. The minimum Gasteiger partial charge on any atom is -0.457 e. The van der Waals surface area contributed by atoms with Crippen molar-refractivity contribution in [1.29, 1.82) is 0 Å². The number of hydrogen-bond acceptors (Lipinski definition) is 5. The number of anilines is 1. The molecule has 0 unspecified atom stereocenters. The summed E-state index contributed by atoms with van der Waals surface area (Å²) in [5, 5.41) is 1.12. The fraction of sp³-hybridized carbons (Fsp3) is 0.208. The van der Waals surface area contributed by atoms with Gasteiger partial charge in [-0.2, -0.15) is 0 Å². The second-order valence-corrected chi connectivity index (χ2v) is 7.44. The summed E-state index contributed by atoms with van der Waals surface area (Å²) in [7, 11) is 0. The van der Waals surface area contributed by atoms with Gasteiger partial charge in [0, 0.05) is 23.8 Å². The number of ether oxygens (including phenoxy) is 1. The van der Waals surface area contributed by atoms with E-state index in [9.17, 15) is 0 Å². The maximum atomic E-state index is 6.07. The lowest BCUT2D eigenvalue weighted by Gasteiger charge is -2.21. The molecule has 0 saturated heterocycles. The van der Waals surface area contributed by atoms with E-state index in [2.05, 4.69) is 27.9 Å². The van der Waals surface area contributed by atoms with Gasteiger partial charge < -0.3 is 9.64 Å². The largest absolute Gasteiger partial charge is 0.457 e. The quantitative estimate of drug-likeness (QED) is 0.443. The Bertz CT molecular complexity index is 1180. The highest BCUT2D eigenvalue weighted by atomic mass is 35.5. The molecule has 1 aliphatic rings. The number of rotatable bonds is 4. The van der Waals surface area contributed by atoms with Crippen molar-refractivity contribution in [2.24, 2.45) is 0 Å². The van der Waals surface area contributed by atoms with Crippen LogP contribution in [0.3, 0.4) is 0 Å². The second kappa shape index (κ2) is 8.28. The first-order chi connectivity index (χ1) is 14.2. The van der Waals surface area contributed by atoms with Gasteiger partial charge in [0.2, 0.25) is 0 Å². The van der Waals surface area contributed by atoms with E-state index in [0.717, 1.165) is 59.0 Å². The molecule has 6 heteroatoms. The van der Waals surface area contributed by atoms with Crippen molar-refractivity contribution in [2.75, 3.05) is 11.4 Å². The normalized spacial score (nSPS) is 12.5. The van der Waals surface area contributed by atoms with Gasteiger partial charge in [-0.3, -0.25) is 15.0 Å². The average Bonchev–Trinajstić information content (AvgIpc) is 3.16. The minimum absolute atomic E-state index is 0. The first-order valence-corrected chi connectivity index (χ1v) is 9.86. The molecule has 152 valence electrons. The first kappa shape index (κ1) is 20.1. The average molecular weight is 419 g/mol. The molecule has 0 fully saturated rings. The smallest absolute Gasteiger partial charge is 0.128 e. The van der Waals surface area contributed by atoms with Crippen molar-refractivity contribution in [1.82, 2.24) is 15.0 Å². The Morgan fingerprint density at radius 3 is 2.57 bits per heavy atom. The van der Waals surface area contributed by atoms with E-state index in [1.807, 2.05) is 61.8 Å². The molecule has 0 bridgehead atoms. The number of fused-ring (bicyclic) bond motifs is 3. The second-order valence-electron chi connectivity index (χ2n) is 7.44. The van der Waals surface area contributed by atoms with Gasteiger partial charge in [0.1, 0.15) is 11.5 Å². The molecule has 5 rings (SSSR count). The summed E-state index contributed by atoms with van der Waals surface area (Å²) >= 11 is 0. The molecule has 0 amide bonds. The highest BCUT2D eigenvalue weighted by Gasteiger charge is 2.25. The summed E-state index contributed by atoms with van der Waals surface area (Å²) in [5.41, 5.74) is 6.56. The Kier molecular flexibility index (Phi) is 5.55. The molecule has 0 radical (unpaired) electrons. The number of pyridine rings is 1. The summed E-state index contributed by atoms with van der Waals surface area (Å²) < 4.78 is 6.07. The van der Waals surface area contributed by atoms with Crippen LogP contribution in [0.15, 0.2) is 60.9 Å². The zero-order valence-electron chi connectivity index (χ0n) is 17.0. The summed E-state index contributed by atoms with van der Waals surface area (Å²) in [5.74, 6) is 1.65. The fourth-order valence-corrected chi connectivity index (χ4v) is 3.95. The molecule has 0 N–H and O–H groups in total. The monoisotopic (exact) mass is 418 g/mol. The third kappa shape index (κ3) is 3.81. The van der Waals surface area contributed by atoms with Gasteiger partial charge in [0.15, 0.2) is 0 Å². The van der Waals surface area contributed by atoms with Crippen LogP contribution in [0.5, 0.6) is 11.5 Å². The summed E-state index contributed by atoms with van der Waals surface area (Å²) in [6, 6.07) is 16.0. The van der Waals surface area contributed by atoms with Crippen LogP contribution in [0.25, 0.3) is 10.9 Å². The van der Waals surface area contributed by atoms with E-state index in [4.69, 9.17) is 9.72 Å². The van der Waals surface area contributed by atoms with Crippen molar-refractivity contribution in [3.8, 4) is 11.5 Å². The van der Waals surface area contributed by atoms with E-state index in [-0.39, 0.29) is 12.4 Å². The van der Waals surface area contributed by atoms with Gasteiger partial charge in [-0.15, -0.1) is 12.4 Å². The van der Waals surface area contributed by atoms with Gasteiger partial charge in [-0.05, 0) is 56.2 Å². The van der Waals surface area contributed by atoms with Crippen molar-refractivity contribution >= 4 is 29.0 Å². The molecule has 1 aliphatic heterocycles. The van der Waals surface area contributed by atoms with E-state index in [0.29, 0.717) is 0 Å². The first-order valence-electron chi connectivity index (χ1n) is 9.86. The lowest BCUT2D eigenvalue weighted by Crippen LogP contribution is -2.20. The Hall–Kier alpha value is -3.18. The number of halogens is 1. The van der Waals surface area contributed by atoms with Crippen LogP contribution in [0.4, 0.5) is 5.69 Å². The van der Waals surface area contributed by atoms with Gasteiger partial charge in [0.25, 0.3) is 0 Å². The van der Waals surface area contributed by atoms with E-state index in [1.165, 1.54) is 11.3 Å². The van der Waals surface area contributed by atoms with E-state index < -0.39 is 0 Å². The molecular weight excluding hydrogens is 396 g/mol. The fourth-order valence-electron chi connectivity index (χ4n) is 3.95. The topological polar surface area (TPSA) is 51.1 Å². The van der Waals surface area contributed by atoms with Crippen LogP contribution in [0.2, 0.25) is 0 Å². The Morgan fingerprint density at radius 1 is 0.967 bits per heavy atom. The number of para-hydroxylation sites is 1. The van der Waals surface area contributed by atoms with Crippen LogP contribution in [-0.2, 0) is 13.0 Å². The van der Waals surface area contributed by atoms with Gasteiger partial charge >= 0.3 is 0 Å². The standard InChI is InChI=1S/C24H22N4O.ClH/c1-16-13-26-18(14-25-16)15-28-11-10-21-17(2)27-23-9-8-20(12-22(23)24(21)28)29-19-6-4-3-5-7-19;/h3-9,12-14H,10-11,15H2,1-2H3;1H. The summed E-state index contributed by atoms with van der Waals surface area (Å²) in [6.07, 6.45) is 4.69. The van der Waals surface area contributed by atoms with Crippen molar-refractivity contribution in [3.05, 3.63) is 83.6 Å². The Morgan fingerprint density at radius 2 is 1.80 bits per heavy atom. The summed E-state index contributed by atoms with van der Waals surface area (Å²) in [6.45, 7) is 5.75. The van der Waals surface area contributed by atoms with E-state index >= 15 is 0 Å². The Labute approximate surface area is 182 Å². The zero-order valence-corrected chi connectivity index (χ0v) is 17.8. The third-order valence-corrected chi connectivity index (χ3v) is 5.35.